The van der Waals surface area contributed by atoms with Crippen LogP contribution in [0.2, 0.25) is 0 Å². The van der Waals surface area contributed by atoms with E-state index < -0.39 is 12.6 Å². The maximum atomic E-state index is 13.1. The Hall–Kier alpha value is -3.39. The Morgan fingerprint density at radius 2 is 1.83 bits per heavy atom. The molecule has 0 aliphatic carbocycles. The van der Waals surface area contributed by atoms with Crippen molar-refractivity contribution < 1.29 is 24.2 Å². The Morgan fingerprint density at radius 1 is 1.14 bits per heavy atom. The zero-order chi connectivity index (χ0) is 21.0. The summed E-state index contributed by atoms with van der Waals surface area (Å²) < 4.78 is 10.8. The van der Waals surface area contributed by atoms with E-state index in [-0.39, 0.29) is 5.91 Å². The fourth-order valence-corrected chi connectivity index (χ4v) is 3.15. The Labute approximate surface area is 173 Å². The molecule has 1 N–H and O–H groups in total. The molecule has 0 bridgehead atoms. The number of anilines is 1. The SMILES string of the molecule is CCOc1ccc(N2C(=O)/C(=C/c3ccccc3OCC(=O)O)N(C)C2=S)cc1. The number of benzene rings is 2. The molecule has 1 aliphatic rings. The monoisotopic (exact) mass is 412 g/mol. The van der Waals surface area contributed by atoms with Crippen LogP contribution in [0.15, 0.2) is 54.2 Å². The van der Waals surface area contributed by atoms with Crippen LogP contribution in [-0.2, 0) is 9.59 Å². The van der Waals surface area contributed by atoms with Crippen LogP contribution in [0.4, 0.5) is 5.69 Å². The first-order chi connectivity index (χ1) is 13.9. The maximum absolute atomic E-state index is 13.1. The van der Waals surface area contributed by atoms with Crippen molar-refractivity contribution in [2.45, 2.75) is 6.92 Å². The molecule has 1 fully saturated rings. The van der Waals surface area contributed by atoms with Gasteiger partial charge in [0.2, 0.25) is 0 Å². The number of thiocarbonyl (C=S) groups is 1. The van der Waals surface area contributed by atoms with Crippen LogP contribution in [0.5, 0.6) is 11.5 Å². The quantitative estimate of drug-likeness (QED) is 0.553. The summed E-state index contributed by atoms with van der Waals surface area (Å²) in [5.74, 6) is -0.282. The summed E-state index contributed by atoms with van der Waals surface area (Å²) in [5.41, 5.74) is 1.57. The molecule has 7 nitrogen and oxygen atoms in total. The molecule has 1 saturated heterocycles. The molecule has 1 amide bonds. The minimum Gasteiger partial charge on any atom is -0.494 e. The van der Waals surface area contributed by atoms with Crippen molar-refractivity contribution in [3.05, 3.63) is 59.8 Å². The second-order valence-corrected chi connectivity index (χ2v) is 6.52. The van der Waals surface area contributed by atoms with Crippen molar-refractivity contribution >= 4 is 41.0 Å². The first-order valence-electron chi connectivity index (χ1n) is 8.92. The van der Waals surface area contributed by atoms with Crippen LogP contribution in [0.3, 0.4) is 0 Å². The van der Waals surface area contributed by atoms with Crippen LogP contribution in [0.25, 0.3) is 6.08 Å². The first kappa shape index (κ1) is 20.3. The zero-order valence-electron chi connectivity index (χ0n) is 16.0. The molecule has 1 aliphatic heterocycles. The minimum absolute atomic E-state index is 0.283. The van der Waals surface area contributed by atoms with Gasteiger partial charge >= 0.3 is 5.97 Å². The lowest BCUT2D eigenvalue weighted by atomic mass is 10.1. The fraction of sp³-hybridized carbons (Fsp3) is 0.190. The first-order valence-corrected chi connectivity index (χ1v) is 9.33. The van der Waals surface area contributed by atoms with Gasteiger partial charge in [0.15, 0.2) is 11.7 Å². The number of carboxylic acids is 1. The summed E-state index contributed by atoms with van der Waals surface area (Å²) in [7, 11) is 1.71. The van der Waals surface area contributed by atoms with Gasteiger partial charge in [-0.1, -0.05) is 18.2 Å². The fourth-order valence-electron chi connectivity index (χ4n) is 2.86. The van der Waals surface area contributed by atoms with Crippen molar-refractivity contribution in [3.8, 4) is 11.5 Å². The molecule has 150 valence electrons. The van der Waals surface area contributed by atoms with E-state index >= 15 is 0 Å². The standard InChI is InChI=1S/C21H20N2O5S/c1-3-27-16-10-8-15(9-11-16)23-20(26)17(22(2)21(23)29)12-14-6-4-5-7-18(14)28-13-19(24)25/h4-12H,3,13H2,1-2H3,(H,24,25)/b17-12-. The third kappa shape index (κ3) is 4.38. The molecule has 0 unspecified atom stereocenters. The Morgan fingerprint density at radius 3 is 2.48 bits per heavy atom. The van der Waals surface area contributed by atoms with E-state index in [0.29, 0.717) is 40.2 Å². The normalized spacial score (nSPS) is 15.2. The lowest BCUT2D eigenvalue weighted by Gasteiger charge is -2.16. The van der Waals surface area contributed by atoms with E-state index in [2.05, 4.69) is 0 Å². The highest BCUT2D eigenvalue weighted by Gasteiger charge is 2.37. The van der Waals surface area contributed by atoms with E-state index in [1.807, 2.05) is 6.92 Å². The smallest absolute Gasteiger partial charge is 0.341 e. The van der Waals surface area contributed by atoms with Crippen LogP contribution < -0.4 is 14.4 Å². The molecule has 0 atom stereocenters. The number of para-hydroxylation sites is 1. The highest BCUT2D eigenvalue weighted by Crippen LogP contribution is 2.30. The highest BCUT2D eigenvalue weighted by molar-refractivity contribution is 7.80. The predicted molar refractivity (Wildman–Crippen MR) is 113 cm³/mol. The second-order valence-electron chi connectivity index (χ2n) is 6.16. The van der Waals surface area contributed by atoms with E-state index in [1.165, 1.54) is 4.90 Å². The molecule has 2 aromatic rings. The van der Waals surface area contributed by atoms with Crippen molar-refractivity contribution in [2.75, 3.05) is 25.2 Å². The Bertz CT molecular complexity index is 971. The van der Waals surface area contributed by atoms with Gasteiger partial charge in [-0.15, -0.1) is 0 Å². The molecule has 0 saturated carbocycles. The molecule has 29 heavy (non-hydrogen) atoms. The third-order valence-corrected chi connectivity index (χ3v) is 4.69. The number of hydrogen-bond acceptors (Lipinski definition) is 5. The van der Waals surface area contributed by atoms with Gasteiger partial charge in [0, 0.05) is 12.6 Å². The lowest BCUT2D eigenvalue weighted by molar-refractivity contribution is -0.139. The maximum Gasteiger partial charge on any atom is 0.341 e. The Kier molecular flexibility index (Phi) is 6.13. The van der Waals surface area contributed by atoms with E-state index in [9.17, 15) is 9.59 Å². The highest BCUT2D eigenvalue weighted by atomic mass is 32.1. The molecule has 2 aromatic carbocycles. The van der Waals surface area contributed by atoms with Crippen LogP contribution in [0, 0.1) is 0 Å². The average Bonchev–Trinajstić information content (AvgIpc) is 2.91. The van der Waals surface area contributed by atoms with Crippen molar-refractivity contribution in [3.63, 3.8) is 0 Å². The number of nitrogens with zero attached hydrogens (tertiary/aromatic N) is 2. The van der Waals surface area contributed by atoms with Crippen molar-refractivity contribution in [1.29, 1.82) is 0 Å². The van der Waals surface area contributed by atoms with Gasteiger partial charge in [0.05, 0.1) is 12.3 Å². The number of carbonyl (C=O) groups excluding carboxylic acids is 1. The second kappa shape index (κ2) is 8.74. The molecule has 8 heteroatoms. The number of carboxylic acid groups (broad SMARTS) is 1. The number of hydrogen-bond donors (Lipinski definition) is 1. The number of ether oxygens (including phenoxy) is 2. The van der Waals surface area contributed by atoms with E-state index in [0.717, 1.165) is 0 Å². The molecular formula is C21H20N2O5S. The van der Waals surface area contributed by atoms with Crippen LogP contribution in [-0.4, -0.2) is 47.3 Å². The summed E-state index contributed by atoms with van der Waals surface area (Å²) in [6, 6.07) is 14.0. The Balaban J connectivity index is 1.91. The minimum atomic E-state index is -1.08. The summed E-state index contributed by atoms with van der Waals surface area (Å²) in [4.78, 5) is 26.9. The molecule has 3 rings (SSSR count). The summed E-state index contributed by atoms with van der Waals surface area (Å²) >= 11 is 5.47. The third-order valence-electron chi connectivity index (χ3n) is 4.23. The number of rotatable bonds is 7. The van der Waals surface area contributed by atoms with Gasteiger partial charge in [0.1, 0.15) is 17.2 Å². The number of amides is 1. The van der Waals surface area contributed by atoms with Gasteiger partial charge in [0.25, 0.3) is 5.91 Å². The zero-order valence-corrected chi connectivity index (χ0v) is 16.8. The van der Waals surface area contributed by atoms with Gasteiger partial charge in [-0.3, -0.25) is 9.69 Å². The van der Waals surface area contributed by atoms with Gasteiger partial charge in [-0.25, -0.2) is 4.79 Å². The van der Waals surface area contributed by atoms with Gasteiger partial charge in [-0.2, -0.15) is 0 Å². The summed E-state index contributed by atoms with van der Waals surface area (Å²) in [5, 5.41) is 9.19. The molecule has 0 radical (unpaired) electrons. The lowest BCUT2D eigenvalue weighted by Crippen LogP contribution is -2.31. The van der Waals surface area contributed by atoms with Gasteiger partial charge in [-0.05, 0) is 55.5 Å². The molecular weight excluding hydrogens is 392 g/mol. The number of carbonyl (C=O) groups is 2. The largest absolute Gasteiger partial charge is 0.494 e. The van der Waals surface area contributed by atoms with E-state index in [4.69, 9.17) is 26.8 Å². The van der Waals surface area contributed by atoms with Crippen LogP contribution >= 0.6 is 12.2 Å². The number of aliphatic carboxylic acids is 1. The molecule has 1 heterocycles. The molecule has 0 aromatic heterocycles. The summed E-state index contributed by atoms with van der Waals surface area (Å²) in [6.07, 6.45) is 1.64. The topological polar surface area (TPSA) is 79.3 Å². The van der Waals surface area contributed by atoms with Crippen LogP contribution in [0.1, 0.15) is 12.5 Å². The van der Waals surface area contributed by atoms with Gasteiger partial charge < -0.3 is 19.5 Å². The predicted octanol–water partition coefficient (Wildman–Crippen LogP) is 3.15. The summed E-state index contributed by atoms with van der Waals surface area (Å²) in [6.45, 7) is 1.98. The van der Waals surface area contributed by atoms with E-state index in [1.54, 1.807) is 66.6 Å². The van der Waals surface area contributed by atoms with Crippen molar-refractivity contribution in [1.82, 2.24) is 4.90 Å². The molecule has 0 spiro atoms. The average molecular weight is 412 g/mol. The van der Waals surface area contributed by atoms with Crippen molar-refractivity contribution in [2.24, 2.45) is 0 Å². The number of likely N-dealkylation sites (N-methyl/N-ethyl adjacent to an activating group) is 1.